The maximum atomic E-state index is 13.4. The molecule has 5 rings (SSSR count). The standard InChI is InChI=1S/C29H21ClFN3O4S2/c1-2-14-38-22-5-3-4-19(15-22)24-23(25(35)18-8-10-20(30)11-9-18)26(36)27(37)34(24)28-32-33-29(40-28)39-16-17-6-12-21(31)13-7-17/h2-13,15,24,35H,1,14,16H2/b25-23+. The number of nitrogens with zero attached hydrogens (tertiary/aromatic N) is 3. The van der Waals surface area contributed by atoms with Crippen molar-refractivity contribution in [3.05, 3.63) is 119 Å². The van der Waals surface area contributed by atoms with Gasteiger partial charge in [0.1, 0.15) is 23.9 Å². The first kappa shape index (κ1) is 27.6. The average Bonchev–Trinajstić information content (AvgIpc) is 3.53. The van der Waals surface area contributed by atoms with Crippen LogP contribution < -0.4 is 9.64 Å². The molecule has 1 unspecified atom stereocenters. The highest BCUT2D eigenvalue weighted by molar-refractivity contribution is 8.00. The number of rotatable bonds is 9. The number of aliphatic hydroxyl groups excluding tert-OH is 1. The molecule has 40 heavy (non-hydrogen) atoms. The highest BCUT2D eigenvalue weighted by Gasteiger charge is 2.48. The van der Waals surface area contributed by atoms with E-state index in [0.29, 0.717) is 32.0 Å². The van der Waals surface area contributed by atoms with Crippen molar-refractivity contribution >= 4 is 57.3 Å². The van der Waals surface area contributed by atoms with Crippen molar-refractivity contribution in [2.45, 2.75) is 16.1 Å². The van der Waals surface area contributed by atoms with Crippen LogP contribution in [0.1, 0.15) is 22.7 Å². The van der Waals surface area contributed by atoms with Crippen molar-refractivity contribution in [1.29, 1.82) is 0 Å². The molecule has 1 amide bonds. The van der Waals surface area contributed by atoms with Gasteiger partial charge in [0.15, 0.2) is 4.34 Å². The fourth-order valence-corrected chi connectivity index (χ4v) is 6.07. The summed E-state index contributed by atoms with van der Waals surface area (Å²) in [5.41, 5.74) is 1.66. The third-order valence-electron chi connectivity index (χ3n) is 5.98. The Morgan fingerprint density at radius 2 is 1.88 bits per heavy atom. The Morgan fingerprint density at radius 1 is 1.12 bits per heavy atom. The lowest BCUT2D eigenvalue weighted by atomic mass is 9.95. The van der Waals surface area contributed by atoms with Gasteiger partial charge in [0.2, 0.25) is 5.13 Å². The Morgan fingerprint density at radius 3 is 2.60 bits per heavy atom. The Kier molecular flexibility index (Phi) is 8.29. The molecule has 11 heteroatoms. The lowest BCUT2D eigenvalue weighted by molar-refractivity contribution is -0.132. The molecule has 1 aromatic heterocycles. The zero-order valence-electron chi connectivity index (χ0n) is 20.8. The summed E-state index contributed by atoms with van der Waals surface area (Å²) in [6.45, 7) is 3.92. The van der Waals surface area contributed by atoms with Gasteiger partial charge in [0, 0.05) is 16.3 Å². The number of aromatic nitrogens is 2. The lowest BCUT2D eigenvalue weighted by Gasteiger charge is -2.23. The molecular formula is C29H21ClFN3O4S2. The first-order valence-corrected chi connectivity index (χ1v) is 14.1. The lowest BCUT2D eigenvalue weighted by Crippen LogP contribution is -2.29. The second-order valence-corrected chi connectivity index (χ2v) is 11.2. The molecule has 1 saturated heterocycles. The van der Waals surface area contributed by atoms with Crippen molar-refractivity contribution < 1.29 is 23.8 Å². The Bertz CT molecular complexity index is 1610. The van der Waals surface area contributed by atoms with Gasteiger partial charge in [-0.1, -0.05) is 71.6 Å². The zero-order chi connectivity index (χ0) is 28.2. The summed E-state index contributed by atoms with van der Waals surface area (Å²) in [6.07, 6.45) is 1.60. The summed E-state index contributed by atoms with van der Waals surface area (Å²) in [4.78, 5) is 28.1. The minimum absolute atomic E-state index is 0.0936. The Labute approximate surface area is 242 Å². The summed E-state index contributed by atoms with van der Waals surface area (Å²) in [5.74, 6) is -1.34. The molecular weight excluding hydrogens is 573 g/mol. The highest BCUT2D eigenvalue weighted by atomic mass is 35.5. The first-order chi connectivity index (χ1) is 19.4. The van der Waals surface area contributed by atoms with Crippen LogP contribution in [0, 0.1) is 5.82 Å². The second kappa shape index (κ2) is 12.0. The van der Waals surface area contributed by atoms with E-state index in [9.17, 15) is 19.1 Å². The van der Waals surface area contributed by atoms with Gasteiger partial charge in [-0.15, -0.1) is 10.2 Å². The number of ether oxygens (including phenoxy) is 1. The molecule has 0 radical (unpaired) electrons. The summed E-state index contributed by atoms with van der Waals surface area (Å²) in [5, 5.41) is 20.3. The fraction of sp³-hybridized carbons (Fsp3) is 0.103. The topological polar surface area (TPSA) is 92.6 Å². The number of benzene rings is 3. The number of Topliss-reactive ketones (excluding diaryl/α,β-unsaturated/α-hetero) is 1. The van der Waals surface area contributed by atoms with E-state index in [-0.39, 0.29) is 28.9 Å². The quantitative estimate of drug-likeness (QED) is 0.0569. The van der Waals surface area contributed by atoms with Gasteiger partial charge in [0.05, 0.1) is 11.6 Å². The molecule has 202 valence electrons. The number of anilines is 1. The largest absolute Gasteiger partial charge is 0.507 e. The molecule has 1 atom stereocenters. The number of hydrogen-bond donors (Lipinski definition) is 1. The third-order valence-corrected chi connectivity index (χ3v) is 8.36. The van der Waals surface area contributed by atoms with Crippen LogP contribution in [0.25, 0.3) is 5.76 Å². The zero-order valence-corrected chi connectivity index (χ0v) is 23.2. The molecule has 3 aromatic carbocycles. The SMILES string of the molecule is C=CCOc1cccc(C2/C(=C(\O)c3ccc(Cl)cc3)C(=O)C(=O)N2c2nnc(SCc3ccc(F)cc3)s2)c1. The average molecular weight is 594 g/mol. The minimum atomic E-state index is -0.995. The molecule has 1 N–H and O–H groups in total. The summed E-state index contributed by atoms with van der Waals surface area (Å²) in [6, 6.07) is 18.4. The number of halogens is 2. The number of hydrogen-bond acceptors (Lipinski definition) is 8. The van der Waals surface area contributed by atoms with Crippen LogP contribution in [0.15, 0.2) is 95.4 Å². The van der Waals surface area contributed by atoms with Crippen LogP contribution in [0.2, 0.25) is 5.02 Å². The molecule has 0 saturated carbocycles. The van der Waals surface area contributed by atoms with Crippen LogP contribution >= 0.6 is 34.7 Å². The molecule has 4 aromatic rings. The molecule has 7 nitrogen and oxygen atoms in total. The van der Waals surface area contributed by atoms with E-state index >= 15 is 0 Å². The second-order valence-electron chi connectivity index (χ2n) is 8.61. The third kappa shape index (κ3) is 5.79. The highest BCUT2D eigenvalue weighted by Crippen LogP contribution is 2.44. The smallest absolute Gasteiger partial charge is 0.301 e. The Hall–Kier alpha value is -3.99. The molecule has 1 fully saturated rings. The van der Waals surface area contributed by atoms with E-state index in [1.807, 2.05) is 0 Å². The summed E-state index contributed by atoms with van der Waals surface area (Å²) < 4.78 is 19.5. The van der Waals surface area contributed by atoms with Gasteiger partial charge in [-0.05, 0) is 59.7 Å². The van der Waals surface area contributed by atoms with E-state index in [2.05, 4.69) is 16.8 Å². The number of ketones is 1. The van der Waals surface area contributed by atoms with Gasteiger partial charge in [-0.25, -0.2) is 4.39 Å². The van der Waals surface area contributed by atoms with Gasteiger partial charge in [-0.3, -0.25) is 14.5 Å². The van der Waals surface area contributed by atoms with Gasteiger partial charge in [0.25, 0.3) is 5.78 Å². The molecule has 0 spiro atoms. The van der Waals surface area contributed by atoms with Crippen LogP contribution in [-0.4, -0.2) is 33.6 Å². The number of thioether (sulfide) groups is 1. The summed E-state index contributed by atoms with van der Waals surface area (Å²) in [7, 11) is 0. The number of aliphatic hydroxyl groups is 1. The molecule has 2 heterocycles. The van der Waals surface area contributed by atoms with E-state index in [1.165, 1.54) is 28.8 Å². The van der Waals surface area contributed by atoms with E-state index in [1.54, 1.807) is 66.7 Å². The van der Waals surface area contributed by atoms with E-state index in [0.717, 1.165) is 16.9 Å². The van der Waals surface area contributed by atoms with Crippen LogP contribution in [-0.2, 0) is 15.3 Å². The predicted molar refractivity (Wildman–Crippen MR) is 154 cm³/mol. The predicted octanol–water partition coefficient (Wildman–Crippen LogP) is 6.81. The molecule has 1 aliphatic rings. The van der Waals surface area contributed by atoms with Crippen LogP contribution in [0.5, 0.6) is 5.75 Å². The fourth-order valence-electron chi connectivity index (χ4n) is 4.12. The Balaban J connectivity index is 1.54. The van der Waals surface area contributed by atoms with Gasteiger partial charge < -0.3 is 9.84 Å². The number of carbonyl (C=O) groups excluding carboxylic acids is 2. The molecule has 1 aliphatic heterocycles. The normalized spacial score (nSPS) is 16.4. The molecule has 0 aliphatic carbocycles. The van der Waals surface area contributed by atoms with Crippen molar-refractivity contribution in [2.75, 3.05) is 11.5 Å². The number of amides is 1. The number of carbonyl (C=O) groups is 2. The van der Waals surface area contributed by atoms with Gasteiger partial charge >= 0.3 is 5.91 Å². The molecule has 0 bridgehead atoms. The first-order valence-electron chi connectivity index (χ1n) is 12.0. The maximum absolute atomic E-state index is 13.4. The monoisotopic (exact) mass is 593 g/mol. The van der Waals surface area contributed by atoms with E-state index < -0.39 is 17.7 Å². The summed E-state index contributed by atoms with van der Waals surface area (Å²) >= 11 is 8.52. The van der Waals surface area contributed by atoms with Crippen molar-refractivity contribution in [1.82, 2.24) is 10.2 Å². The van der Waals surface area contributed by atoms with Crippen LogP contribution in [0.3, 0.4) is 0 Å². The van der Waals surface area contributed by atoms with E-state index in [4.69, 9.17) is 16.3 Å². The minimum Gasteiger partial charge on any atom is -0.507 e. The maximum Gasteiger partial charge on any atom is 0.301 e. The van der Waals surface area contributed by atoms with Gasteiger partial charge in [-0.2, -0.15) is 0 Å². The van der Waals surface area contributed by atoms with Crippen molar-refractivity contribution in [2.24, 2.45) is 0 Å². The van der Waals surface area contributed by atoms with Crippen molar-refractivity contribution in [3.8, 4) is 5.75 Å². The van der Waals surface area contributed by atoms with Crippen molar-refractivity contribution in [3.63, 3.8) is 0 Å². The van der Waals surface area contributed by atoms with Crippen LogP contribution in [0.4, 0.5) is 9.52 Å².